The van der Waals surface area contributed by atoms with E-state index in [-0.39, 0.29) is 12.0 Å². The van der Waals surface area contributed by atoms with Crippen molar-refractivity contribution in [3.63, 3.8) is 0 Å². The van der Waals surface area contributed by atoms with Gasteiger partial charge in [-0.25, -0.2) is 0 Å². The third-order valence-electron chi connectivity index (χ3n) is 3.84. The minimum absolute atomic E-state index is 0.0996. The van der Waals surface area contributed by atoms with Crippen LogP contribution in [0.2, 0.25) is 18.6 Å². The summed E-state index contributed by atoms with van der Waals surface area (Å²) in [7, 11) is -4.11. The second-order valence-corrected chi connectivity index (χ2v) is 13.0. The summed E-state index contributed by atoms with van der Waals surface area (Å²) in [6.45, 7) is 10.7. The molecule has 0 radical (unpaired) electrons. The Balaban J connectivity index is 2.67. The van der Waals surface area contributed by atoms with Crippen molar-refractivity contribution in [1.82, 2.24) is 0 Å². The van der Waals surface area contributed by atoms with Crippen molar-refractivity contribution in [2.75, 3.05) is 13.2 Å². The van der Waals surface area contributed by atoms with Crippen molar-refractivity contribution in [1.29, 1.82) is 0 Å². The lowest BCUT2D eigenvalue weighted by molar-refractivity contribution is 0.0530. The Bertz CT molecular complexity index is 383. The molecule has 1 N–H and O–H groups in total. The lowest BCUT2D eigenvalue weighted by Gasteiger charge is -2.30. The number of hydrogen-bond donors (Lipinski definition) is 1. The van der Waals surface area contributed by atoms with Crippen molar-refractivity contribution in [2.45, 2.75) is 45.5 Å². The summed E-state index contributed by atoms with van der Waals surface area (Å²) >= 11 is 0. The van der Waals surface area contributed by atoms with Crippen LogP contribution in [0, 0.1) is 5.92 Å². The highest BCUT2D eigenvalue weighted by Gasteiger charge is 2.47. The van der Waals surface area contributed by atoms with Gasteiger partial charge in [0.15, 0.2) is 8.32 Å². The predicted octanol–water partition coefficient (Wildman–Crippen LogP) is 2.75. The third kappa shape index (κ3) is 5.65. The first-order chi connectivity index (χ1) is 10.3. The monoisotopic (exact) mass is 365 g/mol. The minimum atomic E-state index is -3.22. The molecule has 0 fully saturated rings. The summed E-state index contributed by atoms with van der Waals surface area (Å²) in [5, 5.41) is 0. The van der Waals surface area contributed by atoms with E-state index in [1.54, 1.807) is 0 Å². The molecular weight excluding hydrogens is 335 g/mol. The maximum Gasteiger partial charge on any atom is 0.572 e. The molecule has 8 heteroatoms. The molecule has 1 unspecified atom stereocenters. The molecule has 0 aromatic heterocycles. The van der Waals surface area contributed by atoms with Gasteiger partial charge in [-0.2, -0.15) is 13.9 Å². The van der Waals surface area contributed by atoms with Crippen LogP contribution in [0.3, 0.4) is 0 Å². The van der Waals surface area contributed by atoms with E-state index in [2.05, 4.69) is 37.4 Å². The second-order valence-electron chi connectivity index (χ2n) is 5.80. The predicted molar refractivity (Wildman–Crippen MR) is 97.0 cm³/mol. The molecule has 0 saturated carbocycles. The van der Waals surface area contributed by atoms with Gasteiger partial charge < -0.3 is 4.12 Å². The highest BCUT2D eigenvalue weighted by Crippen LogP contribution is 2.59. The fourth-order valence-corrected chi connectivity index (χ4v) is 5.89. The average molecular weight is 366 g/mol. The zero-order chi connectivity index (χ0) is 16.8. The van der Waals surface area contributed by atoms with Crippen LogP contribution in [0.25, 0.3) is 0 Å². The highest BCUT2D eigenvalue weighted by atomic mass is 31.2. The molecule has 22 heavy (non-hydrogen) atoms. The third-order valence-corrected chi connectivity index (χ3v) is 11.8. The van der Waals surface area contributed by atoms with Crippen LogP contribution in [0.5, 0.6) is 0 Å². The fourth-order valence-electron chi connectivity index (χ4n) is 2.24. The highest BCUT2D eigenvalue weighted by molar-refractivity contribution is 7.55. The van der Waals surface area contributed by atoms with E-state index in [9.17, 15) is 4.89 Å². The Hall–Kier alpha value is 0.144. The topological polar surface area (TPSA) is 57.2 Å². The molecule has 1 aliphatic carbocycles. The Labute approximate surface area is 139 Å². The van der Waals surface area contributed by atoms with Gasteiger partial charge in [-0.05, 0) is 33.9 Å². The molecule has 5 nitrogen and oxygen atoms in total. The molecule has 0 heterocycles. The molecular formula is C14H30O5PSi2+. The Morgan fingerprint density at radius 1 is 1.14 bits per heavy atom. The van der Waals surface area contributed by atoms with Gasteiger partial charge in [-0.3, -0.25) is 0 Å². The summed E-state index contributed by atoms with van der Waals surface area (Å²) < 4.78 is 22.1. The molecule has 1 rings (SSSR count). The Kier molecular flexibility index (Phi) is 8.12. The van der Waals surface area contributed by atoms with Gasteiger partial charge in [0.1, 0.15) is 16.6 Å². The van der Waals surface area contributed by atoms with Crippen LogP contribution < -0.4 is 0 Å². The van der Waals surface area contributed by atoms with Crippen molar-refractivity contribution in [2.24, 2.45) is 5.92 Å². The van der Waals surface area contributed by atoms with Gasteiger partial charge in [0, 0.05) is 11.5 Å². The first-order valence-corrected chi connectivity index (χ1v) is 13.1. The fraction of sp³-hybridized carbons (Fsp3) is 0.714. The van der Waals surface area contributed by atoms with Crippen LogP contribution in [0.15, 0.2) is 24.3 Å². The number of rotatable bonds is 9. The molecule has 0 aromatic rings. The zero-order valence-corrected chi connectivity index (χ0v) is 18.4. The standard InChI is InChI=1S/C14H30O5PSi2/c1-6-16-20(15,17-7-2)18-12(3)13-8-10-14(11-9-13)22(4,5)19-21/h8-15H,6-7H2,1-5,21H3/q+1. The van der Waals surface area contributed by atoms with E-state index in [1.165, 1.54) is 0 Å². The molecule has 0 saturated heterocycles. The summed E-state index contributed by atoms with van der Waals surface area (Å²) in [4.78, 5) is 10.3. The maximum atomic E-state index is 10.3. The van der Waals surface area contributed by atoms with E-state index >= 15 is 0 Å². The van der Waals surface area contributed by atoms with E-state index in [0.717, 1.165) is 10.5 Å². The summed E-state index contributed by atoms with van der Waals surface area (Å²) in [5.41, 5.74) is 0.390. The Morgan fingerprint density at radius 2 is 1.64 bits per heavy atom. The number of hydrogen-bond acceptors (Lipinski definition) is 5. The molecule has 1 aliphatic rings. The van der Waals surface area contributed by atoms with Crippen LogP contribution in [-0.2, 0) is 17.7 Å². The van der Waals surface area contributed by atoms with Crippen molar-refractivity contribution >= 4 is 27.0 Å². The summed E-state index contributed by atoms with van der Waals surface area (Å²) in [6, 6.07) is 0. The molecule has 0 amide bonds. The first kappa shape index (κ1) is 20.2. The van der Waals surface area contributed by atoms with E-state index in [1.807, 2.05) is 20.8 Å². The molecule has 0 aliphatic heterocycles. The molecule has 128 valence electrons. The van der Waals surface area contributed by atoms with Gasteiger partial charge in [0.2, 0.25) is 0 Å². The van der Waals surface area contributed by atoms with Gasteiger partial charge in [-0.1, -0.05) is 24.3 Å². The van der Waals surface area contributed by atoms with Crippen molar-refractivity contribution in [3.05, 3.63) is 24.3 Å². The van der Waals surface area contributed by atoms with Gasteiger partial charge >= 0.3 is 8.17 Å². The smallest absolute Gasteiger partial charge is 0.463 e. The summed E-state index contributed by atoms with van der Waals surface area (Å²) in [6.07, 6.45) is 8.45. The van der Waals surface area contributed by atoms with Crippen LogP contribution in [0.4, 0.5) is 0 Å². The molecule has 1 atom stereocenters. The van der Waals surface area contributed by atoms with E-state index < -0.39 is 16.5 Å². The maximum absolute atomic E-state index is 10.3. The van der Waals surface area contributed by atoms with E-state index in [0.29, 0.717) is 18.8 Å². The lowest BCUT2D eigenvalue weighted by Crippen LogP contribution is -2.35. The van der Waals surface area contributed by atoms with Crippen LogP contribution >= 0.6 is 8.17 Å². The van der Waals surface area contributed by atoms with E-state index in [4.69, 9.17) is 17.7 Å². The first-order valence-electron chi connectivity index (χ1n) is 7.79. The minimum Gasteiger partial charge on any atom is -0.463 e. The Morgan fingerprint density at radius 3 is 2.05 bits per heavy atom. The van der Waals surface area contributed by atoms with Crippen LogP contribution in [0.1, 0.15) is 20.8 Å². The molecule has 0 spiro atoms. The average Bonchev–Trinajstić information content (AvgIpc) is 2.47. The largest absolute Gasteiger partial charge is 0.572 e. The van der Waals surface area contributed by atoms with Gasteiger partial charge in [-0.15, -0.1) is 4.52 Å². The quantitative estimate of drug-likeness (QED) is 0.387. The van der Waals surface area contributed by atoms with Crippen molar-refractivity contribution in [3.8, 4) is 0 Å². The second kappa shape index (κ2) is 8.85. The zero-order valence-electron chi connectivity index (χ0n) is 14.5. The normalized spacial score (nSPS) is 23.9. The SMILES string of the molecule is CCO[P+](O)(OCC)OC(C)C1C=CC([Si](C)(C)O[SiH3])C=C1. The molecule has 0 aromatic carbocycles. The summed E-state index contributed by atoms with van der Waals surface area (Å²) in [5.74, 6) is 0.0996. The molecule has 0 bridgehead atoms. The van der Waals surface area contributed by atoms with Gasteiger partial charge in [0.25, 0.3) is 0 Å². The van der Waals surface area contributed by atoms with Crippen molar-refractivity contribution < 1.29 is 22.6 Å². The van der Waals surface area contributed by atoms with Gasteiger partial charge in [0.05, 0.1) is 13.2 Å². The number of allylic oxidation sites excluding steroid dienone is 2. The lowest BCUT2D eigenvalue weighted by atomic mass is 9.98. The van der Waals surface area contributed by atoms with Crippen LogP contribution in [-0.4, -0.2) is 43.0 Å².